The predicted octanol–water partition coefficient (Wildman–Crippen LogP) is 2.94. The normalized spacial score (nSPS) is 9.50. The highest BCUT2D eigenvalue weighted by Gasteiger charge is 1.96. The van der Waals surface area contributed by atoms with Crippen molar-refractivity contribution in [2.75, 3.05) is 0 Å². The fourth-order valence-electron chi connectivity index (χ4n) is 0.913. The Balaban J connectivity index is 0.00000169. The van der Waals surface area contributed by atoms with E-state index in [1.807, 2.05) is 30.3 Å². The van der Waals surface area contributed by atoms with Crippen LogP contribution in [0.3, 0.4) is 0 Å². The van der Waals surface area contributed by atoms with Crippen LogP contribution in [0.2, 0.25) is 0 Å². The van der Waals surface area contributed by atoms with E-state index >= 15 is 0 Å². The molecule has 1 aromatic rings. The number of benzene rings is 1. The smallest absolute Gasteiger partial charge is 0.330 e. The second-order valence-electron chi connectivity index (χ2n) is 2.59. The summed E-state index contributed by atoms with van der Waals surface area (Å²) < 4.78 is 4.94. The van der Waals surface area contributed by atoms with Crippen LogP contribution in [-0.2, 0) is 16.1 Å². The lowest BCUT2D eigenvalue weighted by molar-refractivity contribution is -0.139. The minimum absolute atomic E-state index is 0. The maximum atomic E-state index is 10.9. The molecule has 1 aromatic carbocycles. The van der Waals surface area contributed by atoms with Crippen molar-refractivity contribution in [3.63, 3.8) is 0 Å². The van der Waals surface area contributed by atoms with Crippen LogP contribution in [0.4, 0.5) is 0 Å². The van der Waals surface area contributed by atoms with E-state index in [1.165, 1.54) is 6.08 Å². The van der Waals surface area contributed by atoms with Gasteiger partial charge in [-0.3, -0.25) is 0 Å². The van der Waals surface area contributed by atoms with E-state index in [1.54, 1.807) is 13.0 Å². The molecule has 2 heteroatoms. The van der Waals surface area contributed by atoms with Gasteiger partial charge in [-0.2, -0.15) is 0 Å². The summed E-state index contributed by atoms with van der Waals surface area (Å²) in [7, 11) is 0. The van der Waals surface area contributed by atoms with Gasteiger partial charge in [0, 0.05) is 6.08 Å². The molecule has 14 heavy (non-hydrogen) atoms. The first kappa shape index (κ1) is 12.4. The summed E-state index contributed by atoms with van der Waals surface area (Å²) in [5, 5.41) is 0. The molecule has 0 aliphatic heterocycles. The zero-order valence-electron chi connectivity index (χ0n) is 7.57. The van der Waals surface area contributed by atoms with E-state index in [0.29, 0.717) is 6.61 Å². The van der Waals surface area contributed by atoms with Crippen molar-refractivity contribution in [3.05, 3.63) is 48.0 Å². The van der Waals surface area contributed by atoms with Gasteiger partial charge in [0.1, 0.15) is 6.61 Å². The number of allylic oxidation sites excluding steroid dienone is 1. The third-order valence-electron chi connectivity index (χ3n) is 1.53. The number of hydrogen-bond donors (Lipinski definition) is 0. The molecule has 0 aromatic heterocycles. The van der Waals surface area contributed by atoms with Crippen molar-refractivity contribution in [3.8, 4) is 0 Å². The summed E-state index contributed by atoms with van der Waals surface area (Å²) in [5.74, 6) is -0.300. The quantitative estimate of drug-likeness (QED) is 0.543. The molecule has 1 rings (SSSR count). The van der Waals surface area contributed by atoms with E-state index < -0.39 is 0 Å². The third kappa shape index (κ3) is 4.45. The monoisotopic (exact) mass is 192 g/mol. The molecule has 0 atom stereocenters. The summed E-state index contributed by atoms with van der Waals surface area (Å²) in [6.07, 6.45) is 3.07. The van der Waals surface area contributed by atoms with Gasteiger partial charge in [0.2, 0.25) is 0 Å². The van der Waals surface area contributed by atoms with E-state index in [4.69, 9.17) is 4.74 Å². The molecule has 0 saturated heterocycles. The van der Waals surface area contributed by atoms with Crippen molar-refractivity contribution in [2.45, 2.75) is 21.0 Å². The number of esters is 1. The molecule has 0 unspecified atom stereocenters. The average Bonchev–Trinajstić information content (AvgIpc) is 2.17. The summed E-state index contributed by atoms with van der Waals surface area (Å²) in [5.41, 5.74) is 1.00. The lowest BCUT2D eigenvalue weighted by atomic mass is 10.2. The number of hydrogen-bond acceptors (Lipinski definition) is 2. The standard InChI is InChI=1S/C11H12O2.CH4/c1-2-6-11(12)13-9-10-7-4-3-5-8-10;/h2-8H,9H2,1H3;1H4/b6-2+;. The van der Waals surface area contributed by atoms with Gasteiger partial charge in [0.25, 0.3) is 0 Å². The van der Waals surface area contributed by atoms with Crippen LogP contribution in [-0.4, -0.2) is 5.97 Å². The summed E-state index contributed by atoms with van der Waals surface area (Å²) in [4.78, 5) is 10.9. The molecule has 0 N–H and O–H groups in total. The third-order valence-corrected chi connectivity index (χ3v) is 1.53. The van der Waals surface area contributed by atoms with Crippen molar-refractivity contribution < 1.29 is 9.53 Å². The van der Waals surface area contributed by atoms with Gasteiger partial charge in [-0.1, -0.05) is 43.8 Å². The first-order valence-electron chi connectivity index (χ1n) is 4.16. The fourth-order valence-corrected chi connectivity index (χ4v) is 0.913. The van der Waals surface area contributed by atoms with Gasteiger partial charge < -0.3 is 4.74 Å². The second kappa shape index (κ2) is 6.89. The van der Waals surface area contributed by atoms with Crippen LogP contribution in [0.1, 0.15) is 19.9 Å². The topological polar surface area (TPSA) is 26.3 Å². The van der Waals surface area contributed by atoms with E-state index in [0.717, 1.165) is 5.56 Å². The zero-order valence-corrected chi connectivity index (χ0v) is 7.57. The van der Waals surface area contributed by atoms with Crippen LogP contribution < -0.4 is 0 Å². The molecule has 0 fully saturated rings. The fraction of sp³-hybridized carbons (Fsp3) is 0.250. The Hall–Kier alpha value is -1.57. The molecule has 0 spiro atoms. The van der Waals surface area contributed by atoms with Crippen molar-refractivity contribution in [2.24, 2.45) is 0 Å². The van der Waals surface area contributed by atoms with Crippen LogP contribution >= 0.6 is 0 Å². The Labute approximate surface area is 85.2 Å². The molecule has 2 nitrogen and oxygen atoms in total. The van der Waals surface area contributed by atoms with Crippen molar-refractivity contribution >= 4 is 5.97 Å². The Morgan fingerprint density at radius 3 is 2.57 bits per heavy atom. The van der Waals surface area contributed by atoms with E-state index in [2.05, 4.69) is 0 Å². The second-order valence-corrected chi connectivity index (χ2v) is 2.59. The lowest BCUT2D eigenvalue weighted by Gasteiger charge is -2.00. The Kier molecular flexibility index (Phi) is 6.12. The molecule has 0 saturated carbocycles. The summed E-state index contributed by atoms with van der Waals surface area (Å²) in [6.45, 7) is 2.12. The van der Waals surface area contributed by atoms with Crippen molar-refractivity contribution in [1.29, 1.82) is 0 Å². The first-order chi connectivity index (χ1) is 6.33. The van der Waals surface area contributed by atoms with Crippen LogP contribution in [0, 0.1) is 0 Å². The van der Waals surface area contributed by atoms with Crippen LogP contribution in [0.25, 0.3) is 0 Å². The maximum Gasteiger partial charge on any atom is 0.330 e. The van der Waals surface area contributed by atoms with Gasteiger partial charge in [-0.05, 0) is 12.5 Å². The van der Waals surface area contributed by atoms with Crippen molar-refractivity contribution in [1.82, 2.24) is 0 Å². The molecular weight excluding hydrogens is 176 g/mol. The molecule has 0 radical (unpaired) electrons. The highest BCUT2D eigenvalue weighted by atomic mass is 16.5. The lowest BCUT2D eigenvalue weighted by Crippen LogP contribution is -2.00. The van der Waals surface area contributed by atoms with Crippen LogP contribution in [0.15, 0.2) is 42.5 Å². The number of rotatable bonds is 3. The molecule has 0 aliphatic carbocycles. The van der Waals surface area contributed by atoms with E-state index in [9.17, 15) is 4.79 Å². The molecule has 0 heterocycles. The number of ether oxygens (including phenoxy) is 1. The van der Waals surface area contributed by atoms with Gasteiger partial charge in [0.15, 0.2) is 0 Å². The van der Waals surface area contributed by atoms with Gasteiger partial charge >= 0.3 is 5.97 Å². The Morgan fingerprint density at radius 1 is 1.36 bits per heavy atom. The zero-order chi connectivity index (χ0) is 9.52. The first-order valence-corrected chi connectivity index (χ1v) is 4.16. The summed E-state index contributed by atoms with van der Waals surface area (Å²) in [6, 6.07) is 9.60. The molecular formula is C12H16O2. The molecule has 0 bridgehead atoms. The molecule has 0 amide bonds. The minimum atomic E-state index is -0.300. The highest BCUT2D eigenvalue weighted by molar-refractivity contribution is 5.81. The molecule has 0 aliphatic rings. The largest absolute Gasteiger partial charge is 0.458 e. The Bertz CT molecular complexity index is 288. The van der Waals surface area contributed by atoms with Crippen LogP contribution in [0.5, 0.6) is 0 Å². The number of carbonyl (C=O) groups is 1. The van der Waals surface area contributed by atoms with Gasteiger partial charge in [-0.15, -0.1) is 0 Å². The predicted molar refractivity (Wildman–Crippen MR) is 57.8 cm³/mol. The average molecular weight is 192 g/mol. The molecule has 76 valence electrons. The number of carbonyl (C=O) groups excluding carboxylic acids is 1. The maximum absolute atomic E-state index is 10.9. The Morgan fingerprint density at radius 2 is 2.00 bits per heavy atom. The van der Waals surface area contributed by atoms with Gasteiger partial charge in [-0.25, -0.2) is 4.79 Å². The highest BCUT2D eigenvalue weighted by Crippen LogP contribution is 2.00. The summed E-state index contributed by atoms with van der Waals surface area (Å²) >= 11 is 0. The SMILES string of the molecule is C.C/C=C/C(=O)OCc1ccccc1. The van der Waals surface area contributed by atoms with Gasteiger partial charge in [0.05, 0.1) is 0 Å². The van der Waals surface area contributed by atoms with E-state index in [-0.39, 0.29) is 13.4 Å². The minimum Gasteiger partial charge on any atom is -0.458 e.